The Labute approximate surface area is 125 Å². The van der Waals surface area contributed by atoms with Crippen molar-refractivity contribution in [3.05, 3.63) is 41.7 Å². The van der Waals surface area contributed by atoms with Gasteiger partial charge in [-0.2, -0.15) is 5.10 Å². The van der Waals surface area contributed by atoms with Crippen molar-refractivity contribution in [2.75, 3.05) is 21.3 Å². The summed E-state index contributed by atoms with van der Waals surface area (Å²) in [6.07, 6.45) is 5.85. The molecule has 0 aliphatic rings. The molecule has 1 aromatic heterocycles. The molecule has 2 rings (SSSR count). The Bertz CT molecular complexity index is 558. The van der Waals surface area contributed by atoms with Gasteiger partial charge < -0.3 is 14.8 Å². The highest BCUT2D eigenvalue weighted by Gasteiger charge is 2.19. The molecule has 1 heterocycles. The van der Waals surface area contributed by atoms with Crippen LogP contribution in [0.2, 0.25) is 0 Å². The standard InChI is InChI=1S/C16H23N3O2/c1-17-13(9-8-12-10-18-19(2)11-12)16-14(20-3)6-5-7-15(16)21-4/h5-7,10-11,13,17H,8-9H2,1-4H3. The predicted molar refractivity (Wildman–Crippen MR) is 82.9 cm³/mol. The van der Waals surface area contributed by atoms with Crippen LogP contribution in [0.5, 0.6) is 11.5 Å². The van der Waals surface area contributed by atoms with Crippen molar-refractivity contribution in [1.82, 2.24) is 15.1 Å². The molecule has 5 heteroatoms. The lowest BCUT2D eigenvalue weighted by Gasteiger charge is -2.21. The minimum atomic E-state index is 0.163. The highest BCUT2D eigenvalue weighted by molar-refractivity contribution is 5.47. The van der Waals surface area contributed by atoms with E-state index in [1.165, 1.54) is 5.56 Å². The molecular formula is C16H23N3O2. The van der Waals surface area contributed by atoms with E-state index in [9.17, 15) is 0 Å². The van der Waals surface area contributed by atoms with E-state index in [1.807, 2.05) is 49.4 Å². The highest BCUT2D eigenvalue weighted by Crippen LogP contribution is 2.35. The van der Waals surface area contributed by atoms with E-state index in [4.69, 9.17) is 9.47 Å². The first-order chi connectivity index (χ1) is 10.2. The number of nitrogens with one attached hydrogen (secondary N) is 1. The first-order valence-corrected chi connectivity index (χ1v) is 7.05. The van der Waals surface area contributed by atoms with Gasteiger partial charge in [-0.1, -0.05) is 6.07 Å². The monoisotopic (exact) mass is 289 g/mol. The second-order valence-corrected chi connectivity index (χ2v) is 4.98. The first-order valence-electron chi connectivity index (χ1n) is 7.05. The molecule has 0 saturated heterocycles. The zero-order valence-electron chi connectivity index (χ0n) is 13.1. The van der Waals surface area contributed by atoms with Crippen molar-refractivity contribution < 1.29 is 9.47 Å². The van der Waals surface area contributed by atoms with Crippen LogP contribution in [0, 0.1) is 0 Å². The van der Waals surface area contributed by atoms with E-state index in [1.54, 1.807) is 14.2 Å². The maximum atomic E-state index is 5.49. The third-order valence-corrected chi connectivity index (χ3v) is 3.64. The van der Waals surface area contributed by atoms with E-state index in [0.29, 0.717) is 0 Å². The predicted octanol–water partition coefficient (Wildman–Crippen LogP) is 2.33. The number of aromatic nitrogens is 2. The Hall–Kier alpha value is -2.01. The van der Waals surface area contributed by atoms with Crippen LogP contribution in [-0.4, -0.2) is 31.0 Å². The maximum absolute atomic E-state index is 5.49. The second-order valence-electron chi connectivity index (χ2n) is 4.98. The summed E-state index contributed by atoms with van der Waals surface area (Å²) in [6, 6.07) is 6.03. The van der Waals surface area contributed by atoms with E-state index in [-0.39, 0.29) is 6.04 Å². The van der Waals surface area contributed by atoms with Crippen molar-refractivity contribution in [3.8, 4) is 11.5 Å². The first kappa shape index (κ1) is 15.4. The summed E-state index contributed by atoms with van der Waals surface area (Å²) >= 11 is 0. The molecule has 0 aliphatic carbocycles. The molecule has 2 aromatic rings. The van der Waals surface area contributed by atoms with Crippen LogP contribution in [0.4, 0.5) is 0 Å². The molecule has 0 fully saturated rings. The number of hydrogen-bond donors (Lipinski definition) is 1. The molecule has 0 radical (unpaired) electrons. The third kappa shape index (κ3) is 3.55. The van der Waals surface area contributed by atoms with E-state index in [2.05, 4.69) is 10.4 Å². The number of hydrogen-bond acceptors (Lipinski definition) is 4. The summed E-state index contributed by atoms with van der Waals surface area (Å²) in [6.45, 7) is 0. The highest BCUT2D eigenvalue weighted by atomic mass is 16.5. The van der Waals surface area contributed by atoms with Gasteiger partial charge in [-0.15, -0.1) is 0 Å². The summed E-state index contributed by atoms with van der Waals surface area (Å²) in [5.74, 6) is 1.69. The van der Waals surface area contributed by atoms with Gasteiger partial charge in [0.15, 0.2) is 0 Å². The van der Waals surface area contributed by atoms with Gasteiger partial charge in [0.1, 0.15) is 11.5 Å². The van der Waals surface area contributed by atoms with Crippen molar-refractivity contribution in [2.24, 2.45) is 7.05 Å². The van der Waals surface area contributed by atoms with Gasteiger partial charge >= 0.3 is 0 Å². The SMILES string of the molecule is CNC(CCc1cnn(C)c1)c1c(OC)cccc1OC. The summed E-state index contributed by atoms with van der Waals surface area (Å²) < 4.78 is 12.8. The van der Waals surface area contributed by atoms with Crippen LogP contribution in [0.3, 0.4) is 0 Å². The Morgan fingerprint density at radius 2 is 1.90 bits per heavy atom. The second kappa shape index (κ2) is 7.13. The van der Waals surface area contributed by atoms with Crippen LogP contribution < -0.4 is 14.8 Å². The molecule has 1 unspecified atom stereocenters. The molecule has 1 aromatic carbocycles. The van der Waals surface area contributed by atoms with Crippen LogP contribution in [0.25, 0.3) is 0 Å². The summed E-state index contributed by atoms with van der Waals surface area (Å²) in [4.78, 5) is 0. The van der Waals surface area contributed by atoms with Crippen molar-refractivity contribution >= 4 is 0 Å². The van der Waals surface area contributed by atoms with Gasteiger partial charge in [0, 0.05) is 19.3 Å². The number of methoxy groups -OCH3 is 2. The minimum Gasteiger partial charge on any atom is -0.496 e. The van der Waals surface area contributed by atoms with Crippen LogP contribution >= 0.6 is 0 Å². The number of nitrogens with zero attached hydrogens (tertiary/aromatic N) is 2. The van der Waals surface area contributed by atoms with Gasteiger partial charge in [0.2, 0.25) is 0 Å². The number of ether oxygens (including phenoxy) is 2. The van der Waals surface area contributed by atoms with Crippen molar-refractivity contribution in [2.45, 2.75) is 18.9 Å². The Morgan fingerprint density at radius 1 is 1.24 bits per heavy atom. The molecule has 1 atom stereocenters. The number of rotatable bonds is 7. The quantitative estimate of drug-likeness (QED) is 0.850. The normalized spacial score (nSPS) is 12.2. The number of aryl methyl sites for hydroxylation is 2. The average Bonchev–Trinajstić information content (AvgIpc) is 2.93. The fourth-order valence-corrected chi connectivity index (χ4v) is 2.57. The average molecular weight is 289 g/mol. The zero-order valence-corrected chi connectivity index (χ0v) is 13.1. The van der Waals surface area contributed by atoms with Gasteiger partial charge in [0.05, 0.1) is 26.0 Å². The van der Waals surface area contributed by atoms with Crippen LogP contribution in [-0.2, 0) is 13.5 Å². The van der Waals surface area contributed by atoms with E-state index < -0.39 is 0 Å². The molecule has 0 spiro atoms. The number of benzene rings is 1. The summed E-state index contributed by atoms with van der Waals surface area (Å²) in [5.41, 5.74) is 2.29. The molecule has 5 nitrogen and oxygen atoms in total. The molecule has 1 N–H and O–H groups in total. The smallest absolute Gasteiger partial charge is 0.127 e. The summed E-state index contributed by atoms with van der Waals surface area (Å²) in [7, 11) is 7.26. The molecule has 0 bridgehead atoms. The largest absolute Gasteiger partial charge is 0.496 e. The third-order valence-electron chi connectivity index (χ3n) is 3.64. The minimum absolute atomic E-state index is 0.163. The summed E-state index contributed by atoms with van der Waals surface area (Å²) in [5, 5.41) is 7.57. The van der Waals surface area contributed by atoms with Gasteiger partial charge in [-0.3, -0.25) is 4.68 Å². The van der Waals surface area contributed by atoms with Crippen LogP contribution in [0.15, 0.2) is 30.6 Å². The van der Waals surface area contributed by atoms with E-state index in [0.717, 1.165) is 29.9 Å². The van der Waals surface area contributed by atoms with Gasteiger partial charge in [-0.05, 0) is 37.6 Å². The lowest BCUT2D eigenvalue weighted by Crippen LogP contribution is -2.18. The lowest BCUT2D eigenvalue weighted by molar-refractivity contribution is 0.370. The maximum Gasteiger partial charge on any atom is 0.127 e. The fraction of sp³-hybridized carbons (Fsp3) is 0.438. The Balaban J connectivity index is 2.20. The van der Waals surface area contributed by atoms with Crippen molar-refractivity contribution in [3.63, 3.8) is 0 Å². The molecule has 0 amide bonds. The molecule has 114 valence electrons. The lowest BCUT2D eigenvalue weighted by atomic mass is 9.98. The molecule has 21 heavy (non-hydrogen) atoms. The molecule has 0 aliphatic heterocycles. The van der Waals surface area contributed by atoms with Gasteiger partial charge in [0.25, 0.3) is 0 Å². The van der Waals surface area contributed by atoms with Crippen molar-refractivity contribution in [1.29, 1.82) is 0 Å². The topological polar surface area (TPSA) is 48.3 Å². The van der Waals surface area contributed by atoms with E-state index >= 15 is 0 Å². The van der Waals surface area contributed by atoms with Gasteiger partial charge in [-0.25, -0.2) is 0 Å². The molecular weight excluding hydrogens is 266 g/mol. The fourth-order valence-electron chi connectivity index (χ4n) is 2.57. The zero-order chi connectivity index (χ0) is 15.2. The molecule has 0 saturated carbocycles. The Morgan fingerprint density at radius 3 is 2.38 bits per heavy atom. The Kier molecular flexibility index (Phi) is 5.22. The van der Waals surface area contributed by atoms with Crippen LogP contribution in [0.1, 0.15) is 23.6 Å².